The topological polar surface area (TPSA) is 12.0 Å². The van der Waals surface area contributed by atoms with Crippen LogP contribution in [0.15, 0.2) is 34.8 Å². The first-order valence-corrected chi connectivity index (χ1v) is 6.40. The van der Waals surface area contributed by atoms with Crippen molar-refractivity contribution in [2.24, 2.45) is 0 Å². The summed E-state index contributed by atoms with van der Waals surface area (Å²) in [5.74, 6) is -3.79. The van der Waals surface area contributed by atoms with E-state index in [4.69, 9.17) is 0 Å². The predicted molar refractivity (Wildman–Crippen MR) is 72.5 cm³/mol. The Bertz CT molecular complexity index is 591. The molecule has 0 saturated carbocycles. The average molecular weight is 330 g/mol. The molecule has 0 aliphatic carbocycles. The van der Waals surface area contributed by atoms with E-state index in [-0.39, 0.29) is 6.54 Å². The second kappa shape index (κ2) is 5.65. The summed E-state index contributed by atoms with van der Waals surface area (Å²) in [7, 11) is 0. The summed E-state index contributed by atoms with van der Waals surface area (Å²) < 4.78 is 39.9. The molecule has 0 unspecified atom stereocenters. The van der Waals surface area contributed by atoms with Gasteiger partial charge < -0.3 is 5.32 Å². The highest BCUT2D eigenvalue weighted by Gasteiger charge is 2.10. The first-order chi connectivity index (χ1) is 8.97. The lowest BCUT2D eigenvalue weighted by Crippen LogP contribution is -2.03. The Labute approximate surface area is 117 Å². The van der Waals surface area contributed by atoms with Crippen molar-refractivity contribution in [2.45, 2.75) is 13.5 Å². The molecule has 1 N–H and O–H groups in total. The molecular formula is C14H11BrF3N. The number of benzene rings is 2. The Morgan fingerprint density at radius 1 is 1.05 bits per heavy atom. The van der Waals surface area contributed by atoms with Crippen LogP contribution in [-0.2, 0) is 6.54 Å². The highest BCUT2D eigenvalue weighted by atomic mass is 79.9. The number of hydrogen-bond acceptors (Lipinski definition) is 1. The molecule has 0 heterocycles. The molecule has 0 saturated heterocycles. The average Bonchev–Trinajstić information content (AvgIpc) is 2.34. The van der Waals surface area contributed by atoms with Crippen molar-refractivity contribution >= 4 is 21.6 Å². The molecule has 5 heteroatoms. The zero-order chi connectivity index (χ0) is 14.0. The second-order valence-corrected chi connectivity index (χ2v) is 5.10. The maximum atomic E-state index is 13.0. The minimum absolute atomic E-state index is 0.219. The summed E-state index contributed by atoms with van der Waals surface area (Å²) in [6.45, 7) is 2.13. The van der Waals surface area contributed by atoms with E-state index in [9.17, 15) is 13.2 Å². The van der Waals surface area contributed by atoms with E-state index in [1.165, 1.54) is 0 Å². The number of nitrogens with one attached hydrogen (secondary N) is 1. The molecule has 2 aromatic rings. The number of anilines is 1. The minimum atomic E-state index is -1.44. The Kier molecular flexibility index (Phi) is 4.14. The van der Waals surface area contributed by atoms with Crippen molar-refractivity contribution in [2.75, 3.05) is 5.32 Å². The van der Waals surface area contributed by atoms with Gasteiger partial charge in [0, 0.05) is 16.7 Å². The normalized spacial score (nSPS) is 10.6. The quantitative estimate of drug-likeness (QED) is 0.798. The van der Waals surface area contributed by atoms with Gasteiger partial charge in [-0.05, 0) is 48.4 Å². The lowest BCUT2D eigenvalue weighted by molar-refractivity contribution is 0.445. The van der Waals surface area contributed by atoms with E-state index in [0.29, 0.717) is 5.56 Å². The SMILES string of the molecule is Cc1cc(Br)ccc1NCc1cc(F)c(F)c(F)c1. The van der Waals surface area contributed by atoms with Crippen LogP contribution in [0.25, 0.3) is 0 Å². The summed E-state index contributed by atoms with van der Waals surface area (Å²) in [4.78, 5) is 0. The van der Waals surface area contributed by atoms with Crippen molar-refractivity contribution in [1.82, 2.24) is 0 Å². The van der Waals surface area contributed by atoms with Crippen LogP contribution in [0.3, 0.4) is 0 Å². The van der Waals surface area contributed by atoms with Gasteiger partial charge in [0.05, 0.1) is 0 Å². The van der Waals surface area contributed by atoms with Gasteiger partial charge in [0.1, 0.15) is 0 Å². The third-order valence-corrected chi connectivity index (χ3v) is 3.21. The fourth-order valence-corrected chi connectivity index (χ4v) is 2.21. The van der Waals surface area contributed by atoms with Gasteiger partial charge in [0.15, 0.2) is 17.5 Å². The predicted octanol–water partition coefficient (Wildman–Crippen LogP) is 4.79. The standard InChI is InChI=1S/C14H11BrF3N/c1-8-4-10(15)2-3-13(8)19-7-9-5-11(16)14(18)12(17)6-9/h2-6,19H,7H2,1H3. The van der Waals surface area contributed by atoms with E-state index >= 15 is 0 Å². The molecule has 0 aromatic heterocycles. The number of halogens is 4. The van der Waals surface area contributed by atoms with Gasteiger partial charge in [-0.3, -0.25) is 0 Å². The molecule has 0 fully saturated rings. The summed E-state index contributed by atoms with van der Waals surface area (Å²) >= 11 is 3.35. The van der Waals surface area contributed by atoms with Crippen molar-refractivity contribution in [1.29, 1.82) is 0 Å². The van der Waals surface area contributed by atoms with Gasteiger partial charge in [-0.25, -0.2) is 13.2 Å². The molecule has 0 aliphatic heterocycles. The van der Waals surface area contributed by atoms with Crippen LogP contribution in [0.5, 0.6) is 0 Å². The summed E-state index contributed by atoms with van der Waals surface area (Å²) in [5.41, 5.74) is 2.20. The van der Waals surface area contributed by atoms with Crippen LogP contribution in [0, 0.1) is 24.4 Å². The lowest BCUT2D eigenvalue weighted by Gasteiger charge is -2.10. The second-order valence-electron chi connectivity index (χ2n) is 4.19. The molecule has 0 aliphatic rings. The van der Waals surface area contributed by atoms with E-state index in [1.54, 1.807) is 0 Å². The largest absolute Gasteiger partial charge is 0.381 e. The summed E-state index contributed by atoms with van der Waals surface area (Å²) in [6, 6.07) is 7.62. The molecule has 19 heavy (non-hydrogen) atoms. The molecule has 2 aromatic carbocycles. The molecule has 100 valence electrons. The molecule has 2 rings (SSSR count). The number of hydrogen-bond donors (Lipinski definition) is 1. The number of aryl methyl sites for hydroxylation is 1. The highest BCUT2D eigenvalue weighted by Crippen LogP contribution is 2.21. The summed E-state index contributed by atoms with van der Waals surface area (Å²) in [6.07, 6.45) is 0. The fraction of sp³-hybridized carbons (Fsp3) is 0.143. The van der Waals surface area contributed by atoms with Gasteiger partial charge in [-0.2, -0.15) is 0 Å². The molecule has 0 radical (unpaired) electrons. The van der Waals surface area contributed by atoms with Crippen molar-refractivity contribution < 1.29 is 13.2 Å². The molecular weight excluding hydrogens is 319 g/mol. The van der Waals surface area contributed by atoms with Gasteiger partial charge >= 0.3 is 0 Å². The third kappa shape index (κ3) is 3.29. The molecule has 0 atom stereocenters. The monoisotopic (exact) mass is 329 g/mol. The molecule has 1 nitrogen and oxygen atoms in total. The molecule has 0 spiro atoms. The van der Waals surface area contributed by atoms with Crippen LogP contribution >= 0.6 is 15.9 Å². The van der Waals surface area contributed by atoms with Gasteiger partial charge in [-0.1, -0.05) is 15.9 Å². The van der Waals surface area contributed by atoms with Crippen molar-refractivity contribution in [3.8, 4) is 0 Å². The van der Waals surface area contributed by atoms with Gasteiger partial charge in [-0.15, -0.1) is 0 Å². The summed E-state index contributed by atoms with van der Waals surface area (Å²) in [5, 5.41) is 3.05. The third-order valence-electron chi connectivity index (χ3n) is 2.72. The first kappa shape index (κ1) is 13.9. The maximum absolute atomic E-state index is 13.0. The van der Waals surface area contributed by atoms with Gasteiger partial charge in [0.25, 0.3) is 0 Å². The van der Waals surface area contributed by atoms with E-state index in [2.05, 4.69) is 21.2 Å². The van der Waals surface area contributed by atoms with Crippen LogP contribution in [0.4, 0.5) is 18.9 Å². The fourth-order valence-electron chi connectivity index (χ4n) is 1.73. The van der Waals surface area contributed by atoms with Crippen LogP contribution < -0.4 is 5.32 Å². The maximum Gasteiger partial charge on any atom is 0.194 e. The van der Waals surface area contributed by atoms with E-state index in [0.717, 1.165) is 27.9 Å². The van der Waals surface area contributed by atoms with E-state index in [1.807, 2.05) is 25.1 Å². The van der Waals surface area contributed by atoms with Crippen molar-refractivity contribution in [3.05, 3.63) is 63.4 Å². The molecule has 0 amide bonds. The van der Waals surface area contributed by atoms with Crippen LogP contribution in [0.2, 0.25) is 0 Å². The van der Waals surface area contributed by atoms with E-state index < -0.39 is 17.5 Å². The van der Waals surface area contributed by atoms with Crippen LogP contribution in [-0.4, -0.2) is 0 Å². The highest BCUT2D eigenvalue weighted by molar-refractivity contribution is 9.10. The first-order valence-electron chi connectivity index (χ1n) is 5.61. The van der Waals surface area contributed by atoms with Crippen LogP contribution in [0.1, 0.15) is 11.1 Å². The zero-order valence-corrected chi connectivity index (χ0v) is 11.7. The minimum Gasteiger partial charge on any atom is -0.381 e. The number of rotatable bonds is 3. The Balaban J connectivity index is 2.14. The smallest absolute Gasteiger partial charge is 0.194 e. The molecule has 0 bridgehead atoms. The van der Waals surface area contributed by atoms with Gasteiger partial charge in [0.2, 0.25) is 0 Å². The lowest BCUT2D eigenvalue weighted by atomic mass is 10.1. The Morgan fingerprint density at radius 3 is 2.26 bits per heavy atom. The Morgan fingerprint density at radius 2 is 1.68 bits per heavy atom. The Hall–Kier alpha value is -1.49. The van der Waals surface area contributed by atoms with Crippen molar-refractivity contribution in [3.63, 3.8) is 0 Å². The zero-order valence-electron chi connectivity index (χ0n) is 10.1.